The molecule has 0 spiro atoms. The number of carbonyl (C=O) groups excluding carboxylic acids is 1. The molecule has 2 aromatic rings. The van der Waals surface area contributed by atoms with Gasteiger partial charge in [-0.3, -0.25) is 9.79 Å². The Morgan fingerprint density at radius 2 is 1.75 bits per heavy atom. The maximum Gasteiger partial charge on any atom is 0.263 e. The fourth-order valence-electron chi connectivity index (χ4n) is 2.13. The Hall–Kier alpha value is -2.47. The van der Waals surface area contributed by atoms with Gasteiger partial charge in [-0.1, -0.05) is 54.2 Å². The lowest BCUT2D eigenvalue weighted by Crippen LogP contribution is -2.32. The van der Waals surface area contributed by atoms with E-state index in [4.69, 9.17) is 9.47 Å². The van der Waals surface area contributed by atoms with Gasteiger partial charge in [0.05, 0.1) is 6.54 Å². The zero-order chi connectivity index (χ0) is 16.6. The second-order valence-electron chi connectivity index (χ2n) is 5.09. The first-order valence-corrected chi connectivity index (χ1v) is 8.65. The molecule has 0 bridgehead atoms. The highest BCUT2D eigenvalue weighted by Gasteiger charge is 2.12. The number of nitrogens with zero attached hydrogens (tertiary/aromatic N) is 1. The molecular weight excluding hydrogens is 324 g/mol. The average Bonchev–Trinajstić information content (AvgIpc) is 3.13. The third kappa shape index (κ3) is 4.76. The first-order chi connectivity index (χ1) is 11.8. The van der Waals surface area contributed by atoms with E-state index in [1.165, 1.54) is 11.8 Å². The summed E-state index contributed by atoms with van der Waals surface area (Å²) in [5.74, 6) is 1.85. The van der Waals surface area contributed by atoms with E-state index in [0.717, 1.165) is 17.9 Å². The van der Waals surface area contributed by atoms with Gasteiger partial charge < -0.3 is 14.8 Å². The molecule has 1 aliphatic rings. The summed E-state index contributed by atoms with van der Waals surface area (Å²) in [6.45, 7) is 1.11. The van der Waals surface area contributed by atoms with Crippen LogP contribution in [0.25, 0.3) is 0 Å². The predicted octanol–water partition coefficient (Wildman–Crippen LogP) is 2.86. The zero-order valence-electron chi connectivity index (χ0n) is 13.1. The molecule has 0 unspecified atom stereocenters. The normalized spacial score (nSPS) is 13.2. The minimum absolute atomic E-state index is 0.0781. The number of carbonyl (C=O) groups is 1. The van der Waals surface area contributed by atoms with Crippen molar-refractivity contribution in [2.75, 3.05) is 18.9 Å². The van der Waals surface area contributed by atoms with Crippen molar-refractivity contribution in [1.29, 1.82) is 0 Å². The molecular formula is C18H18N2O3S. The topological polar surface area (TPSA) is 59.9 Å². The van der Waals surface area contributed by atoms with Gasteiger partial charge in [0.15, 0.2) is 23.3 Å². The van der Waals surface area contributed by atoms with Gasteiger partial charge in [0.1, 0.15) is 6.61 Å². The standard InChI is InChI=1S/C18H18N2O3S/c21-17(20-18-19-10-11-24-18)13-23-16-9-5-4-8-15(16)22-12-14-6-2-1-3-7-14/h1-9H,10-13H2,(H,19,20,21). The lowest BCUT2D eigenvalue weighted by molar-refractivity contribution is -0.121. The van der Waals surface area contributed by atoms with E-state index in [9.17, 15) is 4.79 Å². The lowest BCUT2D eigenvalue weighted by atomic mass is 10.2. The van der Waals surface area contributed by atoms with Crippen LogP contribution in [-0.4, -0.2) is 30.0 Å². The molecule has 0 atom stereocenters. The van der Waals surface area contributed by atoms with Crippen LogP contribution >= 0.6 is 11.8 Å². The van der Waals surface area contributed by atoms with E-state index in [-0.39, 0.29) is 12.5 Å². The summed E-state index contributed by atoms with van der Waals surface area (Å²) in [6.07, 6.45) is 0. The number of benzene rings is 2. The molecule has 3 rings (SSSR count). The zero-order valence-corrected chi connectivity index (χ0v) is 13.9. The van der Waals surface area contributed by atoms with Crippen molar-refractivity contribution >= 4 is 22.8 Å². The van der Waals surface area contributed by atoms with Crippen LogP contribution < -0.4 is 14.8 Å². The van der Waals surface area contributed by atoms with E-state index >= 15 is 0 Å². The molecule has 24 heavy (non-hydrogen) atoms. The fourth-order valence-corrected chi connectivity index (χ4v) is 2.88. The highest BCUT2D eigenvalue weighted by molar-refractivity contribution is 8.14. The Labute approximate surface area is 145 Å². The second-order valence-corrected chi connectivity index (χ2v) is 6.18. The van der Waals surface area contributed by atoms with Crippen LogP contribution in [0.2, 0.25) is 0 Å². The van der Waals surface area contributed by atoms with Crippen LogP contribution in [0, 0.1) is 0 Å². The lowest BCUT2D eigenvalue weighted by Gasteiger charge is -2.12. The molecule has 1 heterocycles. The Morgan fingerprint density at radius 1 is 1.04 bits per heavy atom. The molecule has 0 aliphatic carbocycles. The number of ether oxygens (including phenoxy) is 2. The number of amidine groups is 1. The molecule has 0 saturated carbocycles. The monoisotopic (exact) mass is 342 g/mol. The van der Waals surface area contributed by atoms with Crippen molar-refractivity contribution < 1.29 is 14.3 Å². The molecule has 0 saturated heterocycles. The van der Waals surface area contributed by atoms with Crippen LogP contribution in [0.5, 0.6) is 11.5 Å². The summed E-state index contributed by atoms with van der Waals surface area (Å²) in [7, 11) is 0. The molecule has 124 valence electrons. The highest BCUT2D eigenvalue weighted by atomic mass is 32.2. The van der Waals surface area contributed by atoms with Crippen molar-refractivity contribution in [2.45, 2.75) is 6.61 Å². The number of hydrogen-bond donors (Lipinski definition) is 1. The van der Waals surface area contributed by atoms with Crippen LogP contribution in [0.4, 0.5) is 0 Å². The van der Waals surface area contributed by atoms with Gasteiger partial charge in [0.2, 0.25) is 0 Å². The van der Waals surface area contributed by atoms with E-state index in [2.05, 4.69) is 10.3 Å². The minimum Gasteiger partial charge on any atom is -0.485 e. The predicted molar refractivity (Wildman–Crippen MR) is 95.6 cm³/mol. The van der Waals surface area contributed by atoms with Gasteiger partial charge in [-0.25, -0.2) is 0 Å². The minimum atomic E-state index is -0.221. The molecule has 2 aromatic carbocycles. The van der Waals surface area contributed by atoms with Crippen molar-refractivity contribution in [2.24, 2.45) is 4.99 Å². The first-order valence-electron chi connectivity index (χ1n) is 7.67. The molecule has 0 aromatic heterocycles. The van der Waals surface area contributed by atoms with Gasteiger partial charge in [-0.15, -0.1) is 0 Å². The molecule has 1 amide bonds. The van der Waals surface area contributed by atoms with Gasteiger partial charge in [0, 0.05) is 5.75 Å². The van der Waals surface area contributed by atoms with Crippen LogP contribution in [0.3, 0.4) is 0 Å². The third-order valence-electron chi connectivity index (χ3n) is 3.28. The Kier molecular flexibility index (Phi) is 5.74. The number of rotatable bonds is 6. The smallest absolute Gasteiger partial charge is 0.263 e. The maximum atomic E-state index is 11.9. The number of thioether (sulfide) groups is 1. The summed E-state index contributed by atoms with van der Waals surface area (Å²) >= 11 is 1.54. The van der Waals surface area contributed by atoms with Gasteiger partial charge in [-0.2, -0.15) is 0 Å². The number of aliphatic imine (C=N–C) groups is 1. The SMILES string of the molecule is O=C(COc1ccccc1OCc1ccccc1)NC1=NCCS1. The van der Waals surface area contributed by atoms with Crippen molar-refractivity contribution in [1.82, 2.24) is 5.32 Å². The maximum absolute atomic E-state index is 11.9. The summed E-state index contributed by atoms with van der Waals surface area (Å²) in [5.41, 5.74) is 1.07. The van der Waals surface area contributed by atoms with Crippen molar-refractivity contribution in [3.05, 3.63) is 60.2 Å². The van der Waals surface area contributed by atoms with Gasteiger partial charge >= 0.3 is 0 Å². The Balaban J connectivity index is 1.54. The summed E-state index contributed by atoms with van der Waals surface area (Å²) in [6, 6.07) is 17.2. The molecule has 1 N–H and O–H groups in total. The molecule has 6 heteroatoms. The number of amides is 1. The third-order valence-corrected chi connectivity index (χ3v) is 4.17. The Morgan fingerprint density at radius 3 is 2.46 bits per heavy atom. The number of nitrogens with one attached hydrogen (secondary N) is 1. The molecule has 0 radical (unpaired) electrons. The highest BCUT2D eigenvalue weighted by Crippen LogP contribution is 2.27. The largest absolute Gasteiger partial charge is 0.485 e. The van der Waals surface area contributed by atoms with Crippen molar-refractivity contribution in [3.63, 3.8) is 0 Å². The van der Waals surface area contributed by atoms with Crippen molar-refractivity contribution in [3.8, 4) is 11.5 Å². The Bertz CT molecular complexity index is 719. The molecule has 0 fully saturated rings. The number of hydrogen-bond acceptors (Lipinski definition) is 5. The first kappa shape index (κ1) is 16.4. The van der Waals surface area contributed by atoms with Crippen LogP contribution in [0.15, 0.2) is 59.6 Å². The van der Waals surface area contributed by atoms with E-state index in [1.54, 1.807) is 6.07 Å². The van der Waals surface area contributed by atoms with Crippen LogP contribution in [0.1, 0.15) is 5.56 Å². The second kappa shape index (κ2) is 8.40. The van der Waals surface area contributed by atoms with Gasteiger partial charge in [0.25, 0.3) is 5.91 Å². The van der Waals surface area contributed by atoms with E-state index in [0.29, 0.717) is 23.3 Å². The van der Waals surface area contributed by atoms with Crippen LogP contribution in [-0.2, 0) is 11.4 Å². The fraction of sp³-hybridized carbons (Fsp3) is 0.222. The summed E-state index contributed by atoms with van der Waals surface area (Å²) in [4.78, 5) is 16.1. The van der Waals surface area contributed by atoms with E-state index < -0.39 is 0 Å². The summed E-state index contributed by atoms with van der Waals surface area (Å²) in [5, 5.41) is 3.40. The van der Waals surface area contributed by atoms with Gasteiger partial charge in [-0.05, 0) is 17.7 Å². The summed E-state index contributed by atoms with van der Waals surface area (Å²) < 4.78 is 11.4. The quantitative estimate of drug-likeness (QED) is 0.877. The number of para-hydroxylation sites is 2. The average molecular weight is 342 g/mol. The molecule has 5 nitrogen and oxygen atoms in total. The van der Waals surface area contributed by atoms with E-state index in [1.807, 2.05) is 48.5 Å². The molecule has 1 aliphatic heterocycles.